The predicted molar refractivity (Wildman–Crippen MR) is 113 cm³/mol. The molecule has 0 saturated heterocycles. The monoisotopic (exact) mass is 422 g/mol. The molecule has 0 unspecified atom stereocenters. The molecule has 0 spiro atoms. The van der Waals surface area contributed by atoms with Crippen molar-refractivity contribution >= 4 is 23.6 Å². The van der Waals surface area contributed by atoms with Crippen LogP contribution in [0.25, 0.3) is 0 Å². The smallest absolute Gasteiger partial charge is 0.335 e. The van der Waals surface area contributed by atoms with Crippen LogP contribution in [0.1, 0.15) is 21.5 Å². The molecule has 0 atom stereocenters. The number of methoxy groups -OCH3 is 1. The van der Waals surface area contributed by atoms with E-state index in [9.17, 15) is 20.0 Å². The fraction of sp³-hybridized carbons (Fsp3) is 0.0909. The first-order valence-corrected chi connectivity index (χ1v) is 9.02. The zero-order chi connectivity index (χ0) is 22.4. The molecule has 9 heteroatoms. The molecule has 3 aromatic carbocycles. The maximum absolute atomic E-state index is 11.0. The summed E-state index contributed by atoms with van der Waals surface area (Å²) < 4.78 is 11.2. The van der Waals surface area contributed by atoms with Gasteiger partial charge in [-0.2, -0.15) is 0 Å². The van der Waals surface area contributed by atoms with Crippen LogP contribution in [0.3, 0.4) is 0 Å². The lowest BCUT2D eigenvalue weighted by Gasteiger charge is -2.13. The minimum atomic E-state index is -1.01. The van der Waals surface area contributed by atoms with E-state index in [1.54, 1.807) is 30.3 Å². The van der Waals surface area contributed by atoms with Gasteiger partial charge in [0.05, 0.1) is 17.6 Å². The molecule has 0 bridgehead atoms. The number of benzene rings is 3. The summed E-state index contributed by atoms with van der Waals surface area (Å²) in [5, 5.41) is 29.9. The lowest BCUT2D eigenvalue weighted by molar-refractivity contribution is -0.384. The summed E-state index contributed by atoms with van der Waals surface area (Å²) in [6, 6.07) is 14.9. The molecule has 0 heterocycles. The van der Waals surface area contributed by atoms with Gasteiger partial charge in [-0.1, -0.05) is 18.2 Å². The van der Waals surface area contributed by atoms with E-state index in [2.05, 4.69) is 4.99 Å². The second kappa shape index (κ2) is 9.40. The number of carboxylic acid groups (broad SMARTS) is 1. The molecular formula is C22H18N2O7. The number of rotatable bonds is 8. The highest BCUT2D eigenvalue weighted by Crippen LogP contribution is 2.33. The number of nitro benzene ring substituents is 1. The Morgan fingerprint density at radius 3 is 2.55 bits per heavy atom. The third-order valence-corrected chi connectivity index (χ3v) is 4.33. The Morgan fingerprint density at radius 1 is 1.16 bits per heavy atom. The fourth-order valence-corrected chi connectivity index (χ4v) is 2.72. The van der Waals surface area contributed by atoms with Gasteiger partial charge < -0.3 is 19.7 Å². The number of phenolic OH excluding ortho intramolecular Hbond substituents is 1. The highest BCUT2D eigenvalue weighted by Gasteiger charge is 2.12. The first-order chi connectivity index (χ1) is 14.9. The maximum Gasteiger partial charge on any atom is 0.335 e. The molecule has 0 aliphatic rings. The van der Waals surface area contributed by atoms with Crippen LogP contribution < -0.4 is 9.47 Å². The molecule has 0 radical (unpaired) electrons. The van der Waals surface area contributed by atoms with Gasteiger partial charge in [-0.3, -0.25) is 15.1 Å². The molecule has 0 aromatic heterocycles. The van der Waals surface area contributed by atoms with E-state index >= 15 is 0 Å². The molecule has 31 heavy (non-hydrogen) atoms. The number of aliphatic imine (C=N–C) groups is 1. The van der Waals surface area contributed by atoms with Crippen molar-refractivity contribution in [1.82, 2.24) is 0 Å². The number of nitrogens with zero attached hydrogens (tertiary/aromatic N) is 2. The molecule has 3 aromatic rings. The number of non-ortho nitro benzene ring substituents is 1. The Morgan fingerprint density at radius 2 is 1.90 bits per heavy atom. The average molecular weight is 422 g/mol. The predicted octanol–water partition coefficient (Wildman–Crippen LogP) is 4.34. The van der Waals surface area contributed by atoms with Gasteiger partial charge in [-0.05, 0) is 35.9 Å². The third-order valence-electron chi connectivity index (χ3n) is 4.33. The molecule has 0 fully saturated rings. The summed E-state index contributed by atoms with van der Waals surface area (Å²) in [5.74, 6) is -0.402. The van der Waals surface area contributed by atoms with E-state index in [0.29, 0.717) is 17.1 Å². The van der Waals surface area contributed by atoms with Crippen LogP contribution in [-0.2, 0) is 6.61 Å². The maximum atomic E-state index is 11.0. The van der Waals surface area contributed by atoms with Gasteiger partial charge in [0.15, 0.2) is 11.5 Å². The number of ether oxygens (including phenoxy) is 2. The van der Waals surface area contributed by atoms with Gasteiger partial charge in [0.25, 0.3) is 5.69 Å². The number of aromatic carboxylic acids is 1. The minimum Gasteiger partial charge on any atom is -0.506 e. The number of hydrogen-bond donors (Lipinski definition) is 2. The number of carbonyl (C=O) groups is 1. The second-order valence-corrected chi connectivity index (χ2v) is 6.36. The topological polar surface area (TPSA) is 131 Å². The van der Waals surface area contributed by atoms with Crippen molar-refractivity contribution in [3.8, 4) is 17.2 Å². The van der Waals surface area contributed by atoms with E-state index < -0.39 is 10.9 Å². The van der Waals surface area contributed by atoms with Crippen molar-refractivity contribution in [2.45, 2.75) is 6.61 Å². The average Bonchev–Trinajstić information content (AvgIpc) is 2.77. The van der Waals surface area contributed by atoms with E-state index in [4.69, 9.17) is 14.6 Å². The van der Waals surface area contributed by atoms with E-state index in [0.717, 1.165) is 11.6 Å². The Bertz CT molecular complexity index is 1140. The van der Waals surface area contributed by atoms with Crippen LogP contribution in [0, 0.1) is 10.1 Å². The zero-order valence-electron chi connectivity index (χ0n) is 16.4. The zero-order valence-corrected chi connectivity index (χ0v) is 16.4. The van der Waals surface area contributed by atoms with Gasteiger partial charge >= 0.3 is 5.97 Å². The first-order valence-electron chi connectivity index (χ1n) is 9.02. The lowest BCUT2D eigenvalue weighted by atomic mass is 10.1. The highest BCUT2D eigenvalue weighted by molar-refractivity contribution is 5.88. The molecule has 0 aliphatic heterocycles. The lowest BCUT2D eigenvalue weighted by Crippen LogP contribution is -2.02. The quantitative estimate of drug-likeness (QED) is 0.314. The fourth-order valence-electron chi connectivity index (χ4n) is 2.72. The number of carboxylic acids is 1. The number of para-hydroxylation sites is 1. The van der Waals surface area contributed by atoms with Crippen molar-refractivity contribution < 1.29 is 29.4 Å². The Hall–Kier alpha value is -4.40. The van der Waals surface area contributed by atoms with Crippen molar-refractivity contribution in [1.29, 1.82) is 0 Å². The Balaban J connectivity index is 1.87. The molecule has 9 nitrogen and oxygen atoms in total. The van der Waals surface area contributed by atoms with Crippen molar-refractivity contribution in [3.63, 3.8) is 0 Å². The van der Waals surface area contributed by atoms with Gasteiger partial charge in [-0.15, -0.1) is 0 Å². The van der Waals surface area contributed by atoms with Gasteiger partial charge in [0.2, 0.25) is 0 Å². The second-order valence-electron chi connectivity index (χ2n) is 6.36. The van der Waals surface area contributed by atoms with Gasteiger partial charge in [0.1, 0.15) is 18.0 Å². The van der Waals surface area contributed by atoms with Crippen molar-refractivity contribution in [2.75, 3.05) is 7.11 Å². The summed E-state index contributed by atoms with van der Waals surface area (Å²) in [7, 11) is 1.48. The standard InChI is InChI=1S/C22H18N2O7/c1-30-20-4-2-3-16(12-23-18-11-17(24(28)29)9-10-19(18)25)21(20)31-13-14-5-7-15(8-6-14)22(26)27/h2-12,25H,13H2,1H3,(H,26,27). The van der Waals surface area contributed by atoms with Crippen LogP contribution in [0.5, 0.6) is 17.2 Å². The normalized spacial score (nSPS) is 10.7. The first kappa shape index (κ1) is 21.3. The number of nitro groups is 1. The number of hydrogen-bond acceptors (Lipinski definition) is 7. The number of aromatic hydroxyl groups is 1. The van der Waals surface area contributed by atoms with Gasteiger partial charge in [-0.25, -0.2) is 4.79 Å². The molecule has 3 rings (SSSR count). The molecule has 0 aliphatic carbocycles. The van der Waals surface area contributed by atoms with E-state index in [1.165, 1.54) is 37.6 Å². The van der Waals surface area contributed by atoms with Crippen molar-refractivity contribution in [3.05, 3.63) is 87.5 Å². The van der Waals surface area contributed by atoms with Crippen LogP contribution in [-0.4, -0.2) is 34.4 Å². The highest BCUT2D eigenvalue weighted by atomic mass is 16.6. The molecular weight excluding hydrogens is 404 g/mol. The Kier molecular flexibility index (Phi) is 6.46. The van der Waals surface area contributed by atoms with E-state index in [-0.39, 0.29) is 29.3 Å². The Labute approximate surface area is 177 Å². The summed E-state index contributed by atoms with van der Waals surface area (Å²) >= 11 is 0. The van der Waals surface area contributed by atoms with Crippen molar-refractivity contribution in [2.24, 2.45) is 4.99 Å². The largest absolute Gasteiger partial charge is 0.506 e. The summed E-state index contributed by atoms with van der Waals surface area (Å²) in [6.45, 7) is 0.142. The summed E-state index contributed by atoms with van der Waals surface area (Å²) in [6.07, 6.45) is 1.41. The molecule has 158 valence electrons. The number of phenols is 1. The SMILES string of the molecule is COc1cccc(C=Nc2cc([N+](=O)[O-])ccc2O)c1OCc1ccc(C(=O)O)cc1. The van der Waals surface area contributed by atoms with E-state index in [1.807, 2.05) is 0 Å². The molecule has 2 N–H and O–H groups in total. The summed E-state index contributed by atoms with van der Waals surface area (Å²) in [5.41, 5.74) is 1.28. The van der Waals surface area contributed by atoms with Crippen LogP contribution in [0.4, 0.5) is 11.4 Å². The third kappa shape index (κ3) is 5.15. The van der Waals surface area contributed by atoms with Gasteiger partial charge in [0, 0.05) is 23.9 Å². The van der Waals surface area contributed by atoms with Crippen LogP contribution in [0.2, 0.25) is 0 Å². The summed E-state index contributed by atoms with van der Waals surface area (Å²) in [4.78, 5) is 25.5. The molecule has 0 amide bonds. The minimum absolute atomic E-state index is 0.0345. The van der Waals surface area contributed by atoms with Crippen LogP contribution in [0.15, 0.2) is 65.7 Å². The van der Waals surface area contributed by atoms with Crippen LogP contribution >= 0.6 is 0 Å². The molecule has 0 saturated carbocycles.